The maximum Gasteiger partial charge on any atom is 0.219 e. The van der Waals surface area contributed by atoms with Crippen molar-refractivity contribution in [3.05, 3.63) is 65.2 Å². The molecule has 1 fully saturated rings. The fourth-order valence-electron chi connectivity index (χ4n) is 2.91. The molecule has 0 aliphatic heterocycles. The Morgan fingerprint density at radius 2 is 1.91 bits per heavy atom. The van der Waals surface area contributed by atoms with Gasteiger partial charge in [-0.25, -0.2) is 9.97 Å². The summed E-state index contributed by atoms with van der Waals surface area (Å²) in [5.74, 6) is 0.0458. The predicted molar refractivity (Wildman–Crippen MR) is 128 cm³/mol. The van der Waals surface area contributed by atoms with Crippen LogP contribution in [0.1, 0.15) is 37.3 Å². The molecule has 1 aliphatic carbocycles. The third kappa shape index (κ3) is 8.66. The van der Waals surface area contributed by atoms with Gasteiger partial charge in [0.2, 0.25) is 5.91 Å². The average Bonchev–Trinajstić information content (AvgIpc) is 3.44. The van der Waals surface area contributed by atoms with Crippen molar-refractivity contribution < 1.29 is 15.0 Å². The number of aromatic nitrogens is 3. The number of carbonyl (C=O) groups is 1. The number of carbonyl (C=O) groups excluding carboxylic acids is 1. The van der Waals surface area contributed by atoms with Crippen LogP contribution in [0.25, 0.3) is 17.1 Å². The van der Waals surface area contributed by atoms with Crippen LogP contribution < -0.4 is 0 Å². The predicted octanol–water partition coefficient (Wildman–Crippen LogP) is 3.55. The number of fused-ring (bicyclic) bond motifs is 1. The number of hydrogen-bond acceptors (Lipinski definition) is 6. The van der Waals surface area contributed by atoms with Crippen molar-refractivity contribution in [2.24, 2.45) is 0 Å². The van der Waals surface area contributed by atoms with E-state index in [-0.39, 0.29) is 5.91 Å². The summed E-state index contributed by atoms with van der Waals surface area (Å²) >= 11 is 5.73. The molecule has 2 heterocycles. The summed E-state index contributed by atoms with van der Waals surface area (Å²) in [6, 6.07) is 11.2. The molecule has 1 aliphatic rings. The molecule has 1 aromatic carbocycles. The molecule has 9 heteroatoms. The smallest absolute Gasteiger partial charge is 0.219 e. The molecule has 174 valence electrons. The number of aromatic amines is 1. The highest BCUT2D eigenvalue weighted by Crippen LogP contribution is 2.18. The van der Waals surface area contributed by atoms with Gasteiger partial charge >= 0.3 is 0 Å². The molecule has 0 radical (unpaired) electrons. The quantitative estimate of drug-likeness (QED) is 0.503. The normalized spacial score (nSPS) is 17.0. The molecule has 2 unspecified atom stereocenters. The molecule has 0 bridgehead atoms. The number of rotatable bonds is 3. The maximum atomic E-state index is 10.9. The van der Waals surface area contributed by atoms with Gasteiger partial charge in [-0.1, -0.05) is 35.9 Å². The number of halogens is 1. The van der Waals surface area contributed by atoms with Crippen LogP contribution in [0.5, 0.6) is 0 Å². The highest BCUT2D eigenvalue weighted by molar-refractivity contribution is 6.33. The van der Waals surface area contributed by atoms with E-state index in [4.69, 9.17) is 27.1 Å². The molecule has 3 aromatic rings. The number of benzene rings is 1. The zero-order valence-electron chi connectivity index (χ0n) is 18.6. The van der Waals surface area contributed by atoms with E-state index in [2.05, 4.69) is 21.0 Å². The molecular formula is C24H28ClN5O3. The number of H-pyrrole nitrogens is 1. The second-order valence-electron chi connectivity index (χ2n) is 7.51. The number of hydrogen-bond donors (Lipinski definition) is 3. The zero-order valence-corrected chi connectivity index (χ0v) is 19.4. The van der Waals surface area contributed by atoms with Crippen LogP contribution in [0.15, 0.2) is 48.9 Å². The highest BCUT2D eigenvalue weighted by atomic mass is 35.5. The number of aliphatic hydroxyl groups is 2. The molecule has 2 atom stereocenters. The third-order valence-corrected chi connectivity index (χ3v) is 5.32. The van der Waals surface area contributed by atoms with E-state index in [1.54, 1.807) is 30.3 Å². The van der Waals surface area contributed by atoms with Gasteiger partial charge in [0, 0.05) is 26.7 Å². The second kappa shape index (κ2) is 13.3. The number of nitrogens with zero attached hydrogens (tertiary/aromatic N) is 4. The van der Waals surface area contributed by atoms with Crippen molar-refractivity contribution >= 4 is 34.6 Å². The number of nitrogens with one attached hydrogen (secondary N) is 1. The Hall–Kier alpha value is -3.25. The van der Waals surface area contributed by atoms with Crippen molar-refractivity contribution in [1.82, 2.24) is 19.9 Å². The Balaban J connectivity index is 0.000000191. The fourth-order valence-corrected chi connectivity index (χ4v) is 3.10. The summed E-state index contributed by atoms with van der Waals surface area (Å²) in [5, 5.41) is 27.5. The average molecular weight is 470 g/mol. The van der Waals surface area contributed by atoms with Gasteiger partial charge in [0.05, 0.1) is 29.2 Å². The lowest BCUT2D eigenvalue weighted by atomic mass is 10.1. The summed E-state index contributed by atoms with van der Waals surface area (Å²) in [6.45, 7) is 2.13. The van der Waals surface area contributed by atoms with E-state index in [0.717, 1.165) is 35.9 Å². The molecule has 3 N–H and O–H groups in total. The van der Waals surface area contributed by atoms with E-state index in [0.29, 0.717) is 17.3 Å². The SMILES string of the molecule is CC(=O)N(C)C/C=C/c1ccc(C#N)cc1.Clc1ncnc2[nH]ccc12.OC1CCCC1O. The Bertz CT molecular complexity index is 1080. The molecule has 4 rings (SSSR count). The Labute approximate surface area is 198 Å². The van der Waals surface area contributed by atoms with E-state index >= 15 is 0 Å². The zero-order chi connectivity index (χ0) is 24.2. The number of likely N-dealkylation sites (N-methyl/N-ethyl adjacent to an activating group) is 1. The van der Waals surface area contributed by atoms with Crippen LogP contribution in [-0.4, -0.2) is 61.8 Å². The van der Waals surface area contributed by atoms with Gasteiger partial charge in [0.15, 0.2) is 0 Å². The summed E-state index contributed by atoms with van der Waals surface area (Å²) in [5.41, 5.74) is 2.45. The maximum absolute atomic E-state index is 10.9. The van der Waals surface area contributed by atoms with Crippen molar-refractivity contribution in [1.29, 1.82) is 5.26 Å². The number of aliphatic hydroxyl groups excluding tert-OH is 2. The lowest BCUT2D eigenvalue weighted by molar-refractivity contribution is -0.127. The van der Waals surface area contributed by atoms with Gasteiger partial charge in [0.1, 0.15) is 17.1 Å². The van der Waals surface area contributed by atoms with Gasteiger partial charge in [-0.05, 0) is 43.0 Å². The van der Waals surface area contributed by atoms with E-state index in [1.807, 2.05) is 30.4 Å². The standard InChI is InChI=1S/C13H14N2O.C6H4ClN3.C5H10O2/c1-11(16)15(2)9-3-4-12-5-7-13(10-14)8-6-12;7-5-4-1-2-8-6(4)10-3-9-5;6-4-2-1-3-5(4)7/h3-8H,9H2,1-2H3;1-3H,(H,8,9,10);4-7H,1-3H2/b4-3+;;. The minimum atomic E-state index is -0.431. The van der Waals surface area contributed by atoms with Gasteiger partial charge in [0.25, 0.3) is 0 Å². The minimum Gasteiger partial charge on any atom is -0.390 e. The summed E-state index contributed by atoms with van der Waals surface area (Å²) < 4.78 is 0. The van der Waals surface area contributed by atoms with E-state index in [9.17, 15) is 4.79 Å². The van der Waals surface area contributed by atoms with Gasteiger partial charge in [-0.3, -0.25) is 4.79 Å². The van der Waals surface area contributed by atoms with Crippen LogP contribution in [-0.2, 0) is 4.79 Å². The fraction of sp³-hybridized carbons (Fsp3) is 0.333. The highest BCUT2D eigenvalue weighted by Gasteiger charge is 2.21. The monoisotopic (exact) mass is 469 g/mol. The molecule has 0 spiro atoms. The molecule has 0 saturated heterocycles. The lowest BCUT2D eigenvalue weighted by Gasteiger charge is -2.10. The van der Waals surface area contributed by atoms with Crippen LogP contribution >= 0.6 is 11.6 Å². The lowest BCUT2D eigenvalue weighted by Crippen LogP contribution is -2.23. The second-order valence-corrected chi connectivity index (χ2v) is 7.86. The van der Waals surface area contributed by atoms with Gasteiger partial charge in [-0.2, -0.15) is 5.26 Å². The van der Waals surface area contributed by atoms with E-state index < -0.39 is 12.2 Å². The molecule has 2 aromatic heterocycles. The van der Waals surface area contributed by atoms with Crippen molar-refractivity contribution in [3.63, 3.8) is 0 Å². The summed E-state index contributed by atoms with van der Waals surface area (Å²) in [6.07, 6.45) is 8.74. The van der Waals surface area contributed by atoms with Crippen LogP contribution in [0.2, 0.25) is 5.15 Å². The molecule has 1 amide bonds. The molecular weight excluding hydrogens is 442 g/mol. The molecule has 1 saturated carbocycles. The number of nitriles is 1. The topological polar surface area (TPSA) is 126 Å². The first-order chi connectivity index (χ1) is 15.8. The summed E-state index contributed by atoms with van der Waals surface area (Å²) in [7, 11) is 1.76. The number of amides is 1. The largest absolute Gasteiger partial charge is 0.390 e. The van der Waals surface area contributed by atoms with Gasteiger partial charge in [-0.15, -0.1) is 0 Å². The first-order valence-electron chi connectivity index (χ1n) is 10.5. The summed E-state index contributed by atoms with van der Waals surface area (Å²) in [4.78, 5) is 23.2. The van der Waals surface area contributed by atoms with Crippen LogP contribution in [0, 0.1) is 11.3 Å². The van der Waals surface area contributed by atoms with Crippen LogP contribution in [0.3, 0.4) is 0 Å². The van der Waals surface area contributed by atoms with Crippen molar-refractivity contribution in [2.75, 3.05) is 13.6 Å². The van der Waals surface area contributed by atoms with Gasteiger partial charge < -0.3 is 20.1 Å². The Kier molecular flexibility index (Phi) is 10.5. The van der Waals surface area contributed by atoms with Crippen molar-refractivity contribution in [2.45, 2.75) is 38.4 Å². The third-order valence-electron chi connectivity index (χ3n) is 5.02. The first-order valence-corrected chi connectivity index (χ1v) is 10.9. The van der Waals surface area contributed by atoms with E-state index in [1.165, 1.54) is 13.3 Å². The Morgan fingerprint density at radius 3 is 2.42 bits per heavy atom. The van der Waals surface area contributed by atoms with Crippen molar-refractivity contribution in [3.8, 4) is 6.07 Å². The molecule has 33 heavy (non-hydrogen) atoms. The minimum absolute atomic E-state index is 0.0458. The Morgan fingerprint density at radius 1 is 1.24 bits per heavy atom. The molecule has 8 nitrogen and oxygen atoms in total. The van der Waals surface area contributed by atoms with Crippen LogP contribution in [0.4, 0.5) is 0 Å². The first kappa shape index (κ1) is 26.0.